The molecule has 3 aromatic rings. The molecule has 10 heteroatoms. The Kier molecular flexibility index (Phi) is 5.17. The van der Waals surface area contributed by atoms with Crippen LogP contribution in [0.3, 0.4) is 0 Å². The lowest BCUT2D eigenvalue weighted by atomic mass is 10.1. The number of fused-ring (bicyclic) bond motifs is 1. The predicted molar refractivity (Wildman–Crippen MR) is 107 cm³/mol. The van der Waals surface area contributed by atoms with E-state index in [9.17, 15) is 4.79 Å². The molecule has 0 radical (unpaired) electrons. The van der Waals surface area contributed by atoms with Crippen molar-refractivity contribution in [2.45, 2.75) is 18.9 Å². The molecule has 0 unspecified atom stereocenters. The zero-order valence-corrected chi connectivity index (χ0v) is 16.3. The molecule has 1 fully saturated rings. The van der Waals surface area contributed by atoms with E-state index in [1.54, 1.807) is 24.5 Å². The van der Waals surface area contributed by atoms with Gasteiger partial charge in [0.2, 0.25) is 5.88 Å². The minimum absolute atomic E-state index is 0.0781. The number of carbonyl (C=O) groups is 1. The van der Waals surface area contributed by atoms with Crippen molar-refractivity contribution >= 4 is 23.1 Å². The van der Waals surface area contributed by atoms with Gasteiger partial charge in [-0.05, 0) is 19.9 Å². The number of hydrogen-bond donors (Lipinski definition) is 2. The summed E-state index contributed by atoms with van der Waals surface area (Å²) in [5, 5.41) is 6.93. The molecule has 1 saturated heterocycles. The standard InChI is InChI=1S/C19H23N7O3/c1-25-8-4-12(5-9-25)29-15-6-10-26-18(23-15)16(17(20)24-26)19(27)22-13-11-21-7-3-14(13)28-2/h3,6-7,10-12H,4-5,8-9H2,1-2H3,(H2,20,24)(H,22,27). The van der Waals surface area contributed by atoms with Gasteiger partial charge in [0.15, 0.2) is 11.5 Å². The molecule has 0 saturated carbocycles. The Hall–Kier alpha value is -3.40. The van der Waals surface area contributed by atoms with E-state index in [1.807, 2.05) is 0 Å². The topological polar surface area (TPSA) is 120 Å². The molecule has 0 spiro atoms. The lowest BCUT2D eigenvalue weighted by Gasteiger charge is -2.28. The molecule has 3 aromatic heterocycles. The number of likely N-dealkylation sites (tertiary alicyclic amines) is 1. The minimum atomic E-state index is -0.451. The first-order valence-corrected chi connectivity index (χ1v) is 9.34. The molecule has 4 rings (SSSR count). The summed E-state index contributed by atoms with van der Waals surface area (Å²) in [7, 11) is 3.61. The number of piperidine rings is 1. The van der Waals surface area contributed by atoms with Gasteiger partial charge in [-0.25, -0.2) is 4.52 Å². The number of ether oxygens (including phenoxy) is 2. The number of anilines is 2. The second-order valence-corrected chi connectivity index (χ2v) is 6.94. The van der Waals surface area contributed by atoms with Gasteiger partial charge in [0.05, 0.1) is 13.3 Å². The lowest BCUT2D eigenvalue weighted by Crippen LogP contribution is -2.35. The second kappa shape index (κ2) is 7.92. The van der Waals surface area contributed by atoms with Gasteiger partial charge in [-0.2, -0.15) is 4.98 Å². The summed E-state index contributed by atoms with van der Waals surface area (Å²) in [6.07, 6.45) is 6.72. The first-order valence-electron chi connectivity index (χ1n) is 9.34. The fraction of sp³-hybridized carbons (Fsp3) is 0.368. The van der Waals surface area contributed by atoms with E-state index in [-0.39, 0.29) is 17.5 Å². The molecule has 29 heavy (non-hydrogen) atoms. The van der Waals surface area contributed by atoms with Crippen molar-refractivity contribution in [3.63, 3.8) is 0 Å². The fourth-order valence-corrected chi connectivity index (χ4v) is 3.32. The molecule has 1 aliphatic heterocycles. The Bertz CT molecular complexity index is 1030. The molecule has 1 amide bonds. The van der Waals surface area contributed by atoms with Crippen LogP contribution in [0.15, 0.2) is 30.7 Å². The summed E-state index contributed by atoms with van der Waals surface area (Å²) in [5.74, 6) is 0.560. The highest BCUT2D eigenvalue weighted by molar-refractivity contribution is 6.12. The summed E-state index contributed by atoms with van der Waals surface area (Å²) in [5.41, 5.74) is 6.93. The maximum absolute atomic E-state index is 12.9. The molecule has 0 aliphatic carbocycles. The summed E-state index contributed by atoms with van der Waals surface area (Å²) in [6, 6.07) is 3.38. The van der Waals surface area contributed by atoms with Crippen LogP contribution in [-0.4, -0.2) is 63.7 Å². The van der Waals surface area contributed by atoms with E-state index in [4.69, 9.17) is 15.2 Å². The number of nitrogen functional groups attached to an aromatic ring is 1. The van der Waals surface area contributed by atoms with Gasteiger partial charge in [0, 0.05) is 37.6 Å². The number of methoxy groups -OCH3 is 1. The Morgan fingerprint density at radius 1 is 1.31 bits per heavy atom. The van der Waals surface area contributed by atoms with Gasteiger partial charge < -0.3 is 25.4 Å². The average molecular weight is 397 g/mol. The highest BCUT2D eigenvalue weighted by Gasteiger charge is 2.23. The first-order chi connectivity index (χ1) is 14.0. The SMILES string of the molecule is COc1ccncc1NC(=O)c1c(N)nn2ccc(OC3CCN(C)CC3)nc12. The van der Waals surface area contributed by atoms with E-state index >= 15 is 0 Å². The van der Waals surface area contributed by atoms with Crippen LogP contribution in [0.5, 0.6) is 11.6 Å². The summed E-state index contributed by atoms with van der Waals surface area (Å²) < 4.78 is 12.7. The molecular weight excluding hydrogens is 374 g/mol. The molecule has 0 bridgehead atoms. The molecule has 3 N–H and O–H groups in total. The van der Waals surface area contributed by atoms with Crippen molar-refractivity contribution in [3.8, 4) is 11.6 Å². The smallest absolute Gasteiger partial charge is 0.263 e. The minimum Gasteiger partial charge on any atom is -0.494 e. The molecule has 0 aromatic carbocycles. The third-order valence-electron chi connectivity index (χ3n) is 4.92. The van der Waals surface area contributed by atoms with E-state index < -0.39 is 5.91 Å². The van der Waals surface area contributed by atoms with Crippen LogP contribution < -0.4 is 20.5 Å². The second-order valence-electron chi connectivity index (χ2n) is 6.94. The zero-order valence-electron chi connectivity index (χ0n) is 16.3. The Morgan fingerprint density at radius 2 is 2.10 bits per heavy atom. The van der Waals surface area contributed by atoms with Crippen LogP contribution >= 0.6 is 0 Å². The molecule has 1 aliphatic rings. The van der Waals surface area contributed by atoms with Crippen molar-refractivity contribution in [1.29, 1.82) is 0 Å². The van der Waals surface area contributed by atoms with Gasteiger partial charge in [0.1, 0.15) is 23.1 Å². The Labute approximate surface area is 167 Å². The van der Waals surface area contributed by atoms with Gasteiger partial charge >= 0.3 is 0 Å². The van der Waals surface area contributed by atoms with Gasteiger partial charge in [-0.3, -0.25) is 9.78 Å². The summed E-state index contributed by atoms with van der Waals surface area (Å²) in [4.78, 5) is 23.7. The van der Waals surface area contributed by atoms with Crippen LogP contribution in [-0.2, 0) is 0 Å². The van der Waals surface area contributed by atoms with E-state index in [1.165, 1.54) is 17.8 Å². The number of nitrogens with zero attached hydrogens (tertiary/aromatic N) is 5. The third kappa shape index (κ3) is 3.92. The average Bonchev–Trinajstić information content (AvgIpc) is 3.05. The van der Waals surface area contributed by atoms with Crippen LogP contribution in [0.25, 0.3) is 5.65 Å². The van der Waals surface area contributed by atoms with Crippen molar-refractivity contribution in [1.82, 2.24) is 24.5 Å². The first kappa shape index (κ1) is 18.9. The van der Waals surface area contributed by atoms with E-state index in [2.05, 4.69) is 32.3 Å². The monoisotopic (exact) mass is 397 g/mol. The maximum atomic E-state index is 12.9. The van der Waals surface area contributed by atoms with Crippen molar-refractivity contribution in [3.05, 3.63) is 36.3 Å². The number of nitrogens with two attached hydrogens (primary N) is 1. The fourth-order valence-electron chi connectivity index (χ4n) is 3.32. The third-order valence-corrected chi connectivity index (χ3v) is 4.92. The van der Waals surface area contributed by atoms with Gasteiger partial charge in [-0.1, -0.05) is 0 Å². The molecule has 10 nitrogen and oxygen atoms in total. The Balaban J connectivity index is 1.60. The number of carbonyl (C=O) groups excluding carboxylic acids is 1. The van der Waals surface area contributed by atoms with Crippen molar-refractivity contribution < 1.29 is 14.3 Å². The highest BCUT2D eigenvalue weighted by Crippen LogP contribution is 2.25. The molecule has 152 valence electrons. The number of nitrogens with one attached hydrogen (secondary N) is 1. The summed E-state index contributed by atoms with van der Waals surface area (Å²) in [6.45, 7) is 1.96. The van der Waals surface area contributed by atoms with Gasteiger partial charge in [0.25, 0.3) is 5.91 Å². The Morgan fingerprint density at radius 3 is 2.86 bits per heavy atom. The lowest BCUT2D eigenvalue weighted by molar-refractivity contribution is 0.102. The van der Waals surface area contributed by atoms with E-state index in [0.717, 1.165) is 25.9 Å². The molecule has 0 atom stereocenters. The van der Waals surface area contributed by atoms with Crippen molar-refractivity contribution in [2.75, 3.05) is 38.3 Å². The quantitative estimate of drug-likeness (QED) is 0.664. The van der Waals surface area contributed by atoms with E-state index in [0.29, 0.717) is 23.0 Å². The molecular formula is C19H23N7O3. The number of rotatable bonds is 5. The largest absolute Gasteiger partial charge is 0.494 e. The number of aromatic nitrogens is 4. The van der Waals surface area contributed by atoms with Gasteiger partial charge in [-0.15, -0.1) is 5.10 Å². The number of hydrogen-bond acceptors (Lipinski definition) is 8. The number of pyridine rings is 1. The normalized spacial score (nSPS) is 15.4. The summed E-state index contributed by atoms with van der Waals surface area (Å²) >= 11 is 0. The van der Waals surface area contributed by atoms with Crippen molar-refractivity contribution in [2.24, 2.45) is 0 Å². The molecule has 4 heterocycles. The predicted octanol–water partition coefficient (Wildman–Crippen LogP) is 1.44. The van der Waals surface area contributed by atoms with Crippen LogP contribution in [0.4, 0.5) is 11.5 Å². The van der Waals surface area contributed by atoms with Crippen LogP contribution in [0.2, 0.25) is 0 Å². The zero-order chi connectivity index (χ0) is 20.4. The van der Waals surface area contributed by atoms with Crippen LogP contribution in [0, 0.1) is 0 Å². The van der Waals surface area contributed by atoms with Crippen LogP contribution in [0.1, 0.15) is 23.2 Å². The number of amides is 1. The maximum Gasteiger partial charge on any atom is 0.263 e. The highest BCUT2D eigenvalue weighted by atomic mass is 16.5.